The van der Waals surface area contributed by atoms with Crippen molar-refractivity contribution >= 4 is 50.9 Å². The minimum Gasteiger partial charge on any atom is -0.347 e. The van der Waals surface area contributed by atoms with Gasteiger partial charge in [0.25, 0.3) is 5.91 Å². The second-order valence-corrected chi connectivity index (χ2v) is 8.62. The van der Waals surface area contributed by atoms with Crippen LogP contribution in [-0.4, -0.2) is 42.3 Å². The summed E-state index contributed by atoms with van der Waals surface area (Å²) >= 11 is 9.30. The maximum Gasteiger partial charge on any atom is 0.253 e. The van der Waals surface area contributed by atoms with Gasteiger partial charge in [-0.3, -0.25) is 14.4 Å². The lowest BCUT2D eigenvalue weighted by Gasteiger charge is -2.32. The molecule has 0 aliphatic carbocycles. The van der Waals surface area contributed by atoms with E-state index in [0.717, 1.165) is 16.5 Å². The molecule has 3 amide bonds. The summed E-state index contributed by atoms with van der Waals surface area (Å²) < 4.78 is 0.962. The van der Waals surface area contributed by atoms with Gasteiger partial charge in [0.15, 0.2) is 0 Å². The number of likely N-dealkylation sites (tertiary alicyclic amines) is 1. The summed E-state index contributed by atoms with van der Waals surface area (Å²) in [6.45, 7) is 2.76. The Morgan fingerprint density at radius 1 is 1.17 bits per heavy atom. The van der Waals surface area contributed by atoms with E-state index in [1.807, 2.05) is 19.1 Å². The fourth-order valence-corrected chi connectivity index (χ4v) is 3.76. The lowest BCUT2D eigenvalue weighted by Crippen LogP contribution is -2.46. The monoisotopic (exact) mass is 491 g/mol. The number of carbonyl (C=O) groups excluding carboxylic acids is 3. The fraction of sp³-hybridized carbons (Fsp3) is 0.318. The van der Waals surface area contributed by atoms with Gasteiger partial charge >= 0.3 is 0 Å². The van der Waals surface area contributed by atoms with E-state index >= 15 is 0 Å². The largest absolute Gasteiger partial charge is 0.347 e. The molecule has 30 heavy (non-hydrogen) atoms. The van der Waals surface area contributed by atoms with E-state index < -0.39 is 0 Å². The second kappa shape index (κ2) is 10.1. The lowest BCUT2D eigenvalue weighted by atomic mass is 9.96. The van der Waals surface area contributed by atoms with Gasteiger partial charge in [-0.25, -0.2) is 0 Å². The Morgan fingerprint density at radius 3 is 2.60 bits per heavy atom. The number of hydrogen-bond donors (Lipinski definition) is 2. The molecular formula is C22H23BrClN3O3. The van der Waals surface area contributed by atoms with Gasteiger partial charge in [-0.1, -0.05) is 27.5 Å². The van der Waals surface area contributed by atoms with Gasteiger partial charge in [0.05, 0.1) is 12.5 Å². The third kappa shape index (κ3) is 5.83. The van der Waals surface area contributed by atoms with Gasteiger partial charge in [0.2, 0.25) is 11.8 Å². The van der Waals surface area contributed by atoms with E-state index in [4.69, 9.17) is 11.6 Å². The first-order chi connectivity index (χ1) is 14.3. The molecule has 1 saturated heterocycles. The van der Waals surface area contributed by atoms with Crippen LogP contribution in [0, 0.1) is 12.8 Å². The van der Waals surface area contributed by atoms with Gasteiger partial charge in [0, 0.05) is 33.8 Å². The van der Waals surface area contributed by atoms with Gasteiger partial charge in [-0.15, -0.1) is 0 Å². The van der Waals surface area contributed by atoms with Crippen LogP contribution in [-0.2, 0) is 9.59 Å². The van der Waals surface area contributed by atoms with Crippen molar-refractivity contribution in [2.24, 2.45) is 5.92 Å². The normalized spacial score (nSPS) is 16.1. The van der Waals surface area contributed by atoms with Crippen LogP contribution in [0.4, 0.5) is 5.69 Å². The first kappa shape index (κ1) is 22.3. The van der Waals surface area contributed by atoms with Crippen molar-refractivity contribution in [3.8, 4) is 0 Å². The molecule has 2 N–H and O–H groups in total. The first-order valence-corrected chi connectivity index (χ1v) is 10.9. The summed E-state index contributed by atoms with van der Waals surface area (Å²) in [6, 6.07) is 12.2. The molecule has 0 saturated carbocycles. The summed E-state index contributed by atoms with van der Waals surface area (Å²) in [5, 5.41) is 6.03. The maximum atomic E-state index is 12.7. The topological polar surface area (TPSA) is 78.5 Å². The molecule has 1 heterocycles. The molecule has 0 radical (unpaired) electrons. The number of halogens is 2. The molecule has 6 nitrogen and oxygen atoms in total. The van der Waals surface area contributed by atoms with E-state index in [1.54, 1.807) is 35.2 Å². The van der Waals surface area contributed by atoms with Crippen LogP contribution in [0.2, 0.25) is 5.02 Å². The van der Waals surface area contributed by atoms with Crippen LogP contribution in [0.25, 0.3) is 0 Å². The van der Waals surface area contributed by atoms with Gasteiger partial charge in [-0.05, 0) is 67.8 Å². The fourth-order valence-electron chi connectivity index (χ4n) is 3.39. The zero-order valence-corrected chi connectivity index (χ0v) is 18.9. The Hall–Kier alpha value is -2.38. The minimum atomic E-state index is -0.335. The number of anilines is 1. The Bertz CT molecular complexity index is 949. The summed E-state index contributed by atoms with van der Waals surface area (Å²) in [5.74, 6) is -0.967. The molecule has 2 aromatic carbocycles. The highest BCUT2D eigenvalue weighted by Gasteiger charge is 2.29. The van der Waals surface area contributed by atoms with Crippen molar-refractivity contribution in [2.75, 3.05) is 25.0 Å². The Kier molecular flexibility index (Phi) is 7.50. The van der Waals surface area contributed by atoms with E-state index in [2.05, 4.69) is 26.6 Å². The quantitative estimate of drug-likeness (QED) is 0.662. The van der Waals surface area contributed by atoms with Crippen LogP contribution in [0.15, 0.2) is 46.9 Å². The molecule has 2 aromatic rings. The summed E-state index contributed by atoms with van der Waals surface area (Å²) in [6.07, 6.45) is 1.42. The number of amides is 3. The van der Waals surface area contributed by atoms with Crippen molar-refractivity contribution in [1.29, 1.82) is 0 Å². The molecule has 158 valence electrons. The average molecular weight is 493 g/mol. The number of nitrogens with one attached hydrogen (secondary N) is 2. The SMILES string of the molecule is Cc1cc(NC(=O)CNC(=O)C2CCCN(C(=O)c3ccc(Cl)cc3)C2)ccc1Br. The predicted octanol–water partition coefficient (Wildman–Crippen LogP) is 4.02. The highest BCUT2D eigenvalue weighted by Crippen LogP contribution is 2.21. The highest BCUT2D eigenvalue weighted by molar-refractivity contribution is 9.10. The van der Waals surface area contributed by atoms with Gasteiger partial charge in [-0.2, -0.15) is 0 Å². The number of aryl methyl sites for hydroxylation is 1. The third-order valence-electron chi connectivity index (χ3n) is 5.04. The van der Waals surface area contributed by atoms with Crippen molar-refractivity contribution in [1.82, 2.24) is 10.2 Å². The average Bonchev–Trinajstić information content (AvgIpc) is 2.75. The molecule has 1 aliphatic rings. The van der Waals surface area contributed by atoms with Crippen molar-refractivity contribution in [2.45, 2.75) is 19.8 Å². The van der Waals surface area contributed by atoms with E-state index in [1.165, 1.54) is 0 Å². The minimum absolute atomic E-state index is 0.116. The van der Waals surface area contributed by atoms with E-state index in [-0.39, 0.29) is 30.2 Å². The summed E-state index contributed by atoms with van der Waals surface area (Å²) in [7, 11) is 0. The number of rotatable bonds is 5. The van der Waals surface area contributed by atoms with Crippen molar-refractivity contribution in [3.05, 3.63) is 63.1 Å². The number of hydrogen-bond acceptors (Lipinski definition) is 3. The number of nitrogens with zero attached hydrogens (tertiary/aromatic N) is 1. The third-order valence-corrected chi connectivity index (χ3v) is 6.18. The second-order valence-electron chi connectivity index (χ2n) is 7.33. The van der Waals surface area contributed by atoms with Crippen LogP contribution >= 0.6 is 27.5 Å². The van der Waals surface area contributed by atoms with E-state index in [9.17, 15) is 14.4 Å². The molecule has 3 rings (SSSR count). The molecule has 0 spiro atoms. The van der Waals surface area contributed by atoms with Crippen LogP contribution in [0.3, 0.4) is 0 Å². The molecule has 1 atom stereocenters. The standard InChI is InChI=1S/C22H23BrClN3O3/c1-14-11-18(8-9-19(14)23)26-20(28)12-25-21(29)16-3-2-10-27(13-16)22(30)15-4-6-17(24)7-5-15/h4-9,11,16H,2-3,10,12-13H2,1H3,(H,25,29)(H,26,28). The Morgan fingerprint density at radius 2 is 1.90 bits per heavy atom. The van der Waals surface area contributed by atoms with E-state index in [0.29, 0.717) is 35.8 Å². The smallest absolute Gasteiger partial charge is 0.253 e. The number of carbonyl (C=O) groups is 3. The predicted molar refractivity (Wildman–Crippen MR) is 121 cm³/mol. The van der Waals surface area contributed by atoms with Crippen LogP contribution in [0.5, 0.6) is 0 Å². The summed E-state index contributed by atoms with van der Waals surface area (Å²) in [4.78, 5) is 39.1. The molecule has 1 unspecified atom stereocenters. The van der Waals surface area contributed by atoms with Crippen LogP contribution in [0.1, 0.15) is 28.8 Å². The maximum absolute atomic E-state index is 12.7. The highest BCUT2D eigenvalue weighted by atomic mass is 79.9. The zero-order valence-electron chi connectivity index (χ0n) is 16.6. The van der Waals surface area contributed by atoms with Gasteiger partial charge < -0.3 is 15.5 Å². The Balaban J connectivity index is 1.51. The molecular weight excluding hydrogens is 470 g/mol. The van der Waals surface area contributed by atoms with Crippen molar-refractivity contribution in [3.63, 3.8) is 0 Å². The molecule has 8 heteroatoms. The first-order valence-electron chi connectivity index (χ1n) is 9.72. The Labute approximate surface area is 189 Å². The number of benzene rings is 2. The molecule has 1 aliphatic heterocycles. The lowest BCUT2D eigenvalue weighted by molar-refractivity contribution is -0.128. The molecule has 0 aromatic heterocycles. The number of piperidine rings is 1. The molecule has 1 fully saturated rings. The van der Waals surface area contributed by atoms with Crippen LogP contribution < -0.4 is 10.6 Å². The molecule has 0 bridgehead atoms. The summed E-state index contributed by atoms with van der Waals surface area (Å²) in [5.41, 5.74) is 2.22. The van der Waals surface area contributed by atoms with Gasteiger partial charge in [0.1, 0.15) is 0 Å². The van der Waals surface area contributed by atoms with Crippen molar-refractivity contribution < 1.29 is 14.4 Å². The zero-order chi connectivity index (χ0) is 21.7.